The van der Waals surface area contributed by atoms with Gasteiger partial charge in [0, 0.05) is 13.1 Å². The Bertz CT molecular complexity index is 930. The number of imide groups is 1. The van der Waals surface area contributed by atoms with Gasteiger partial charge in [0.05, 0.1) is 42.0 Å². The SMILES string of the molecule is C[C@@H](C(=O)Nc1cc(C(F)(F)F)ccc1N1CCOCC1)N1C(=O)[C@H]2CC=CC[C@@H]2C1=O. The average Bonchev–Trinajstić information content (AvgIpc) is 3.03. The predicted octanol–water partition coefficient (Wildman–Crippen LogP) is 2.82. The summed E-state index contributed by atoms with van der Waals surface area (Å²) >= 11 is 0. The average molecular weight is 451 g/mol. The number of morpholine rings is 1. The summed E-state index contributed by atoms with van der Waals surface area (Å²) in [4.78, 5) is 41.3. The molecule has 0 bridgehead atoms. The fourth-order valence-corrected chi connectivity index (χ4v) is 4.45. The number of amides is 3. The first-order valence-corrected chi connectivity index (χ1v) is 10.5. The van der Waals surface area contributed by atoms with E-state index in [0.29, 0.717) is 44.8 Å². The lowest BCUT2D eigenvalue weighted by Crippen LogP contribution is -2.46. The van der Waals surface area contributed by atoms with Crippen LogP contribution in [0.4, 0.5) is 24.5 Å². The second-order valence-corrected chi connectivity index (χ2v) is 8.20. The molecule has 10 heteroatoms. The molecular formula is C22H24F3N3O4. The Hall–Kier alpha value is -2.88. The maximum Gasteiger partial charge on any atom is 0.416 e. The van der Waals surface area contributed by atoms with Crippen LogP contribution in [0.3, 0.4) is 0 Å². The monoisotopic (exact) mass is 451 g/mol. The number of allylic oxidation sites excluding steroid dienone is 2. The molecule has 0 saturated carbocycles. The van der Waals surface area contributed by atoms with Crippen LogP contribution in [0.25, 0.3) is 0 Å². The Labute approximate surface area is 183 Å². The maximum absolute atomic E-state index is 13.3. The number of benzene rings is 1. The van der Waals surface area contributed by atoms with Crippen molar-refractivity contribution in [2.75, 3.05) is 36.5 Å². The standard InChI is InChI=1S/C22H24F3N3O4/c1-13(28-20(30)15-4-2-3-5-16(15)21(28)31)19(29)26-17-12-14(22(23,24)25)6-7-18(17)27-8-10-32-11-9-27/h2-3,6-7,12-13,15-16H,4-5,8-11H2,1H3,(H,26,29)/t13-,15-,16-/m0/s1. The molecule has 2 aliphatic heterocycles. The molecule has 0 spiro atoms. The number of fused-ring (bicyclic) bond motifs is 1. The number of nitrogens with one attached hydrogen (secondary N) is 1. The van der Waals surface area contributed by atoms with E-state index in [1.807, 2.05) is 17.1 Å². The molecule has 2 saturated heterocycles. The van der Waals surface area contributed by atoms with Crippen molar-refractivity contribution in [1.29, 1.82) is 0 Å². The molecule has 3 aliphatic rings. The zero-order valence-electron chi connectivity index (χ0n) is 17.5. The molecule has 1 N–H and O–H groups in total. The molecule has 2 heterocycles. The van der Waals surface area contributed by atoms with Crippen molar-refractivity contribution in [1.82, 2.24) is 4.90 Å². The summed E-state index contributed by atoms with van der Waals surface area (Å²) in [6, 6.07) is 2.02. The number of nitrogens with zero attached hydrogens (tertiary/aromatic N) is 2. The number of rotatable bonds is 4. The first-order chi connectivity index (χ1) is 15.2. The van der Waals surface area contributed by atoms with Gasteiger partial charge in [0.25, 0.3) is 0 Å². The molecule has 172 valence electrons. The van der Waals surface area contributed by atoms with Crippen molar-refractivity contribution in [2.24, 2.45) is 11.8 Å². The summed E-state index contributed by atoms with van der Waals surface area (Å²) in [5.41, 5.74) is -0.488. The maximum atomic E-state index is 13.3. The van der Waals surface area contributed by atoms with Crippen molar-refractivity contribution in [3.8, 4) is 0 Å². The number of likely N-dealkylation sites (tertiary alicyclic amines) is 1. The van der Waals surface area contributed by atoms with Gasteiger partial charge in [-0.05, 0) is 38.0 Å². The number of hydrogen-bond acceptors (Lipinski definition) is 5. The molecule has 3 amide bonds. The van der Waals surface area contributed by atoms with Crippen LogP contribution in [0.1, 0.15) is 25.3 Å². The number of alkyl halides is 3. The van der Waals surface area contributed by atoms with E-state index in [1.54, 1.807) is 0 Å². The van der Waals surface area contributed by atoms with Gasteiger partial charge in [-0.15, -0.1) is 0 Å². The number of ether oxygens (including phenoxy) is 1. The predicted molar refractivity (Wildman–Crippen MR) is 110 cm³/mol. The Morgan fingerprint density at radius 2 is 1.69 bits per heavy atom. The Morgan fingerprint density at radius 3 is 2.25 bits per heavy atom. The Morgan fingerprint density at radius 1 is 1.09 bits per heavy atom. The summed E-state index contributed by atoms with van der Waals surface area (Å²) < 4.78 is 45.2. The third-order valence-corrected chi connectivity index (χ3v) is 6.24. The summed E-state index contributed by atoms with van der Waals surface area (Å²) in [5, 5.41) is 2.54. The van der Waals surface area contributed by atoms with Crippen molar-refractivity contribution in [2.45, 2.75) is 32.0 Å². The van der Waals surface area contributed by atoms with Gasteiger partial charge in [0.15, 0.2) is 0 Å². The number of carbonyl (C=O) groups excluding carboxylic acids is 3. The highest BCUT2D eigenvalue weighted by Crippen LogP contribution is 2.38. The minimum Gasteiger partial charge on any atom is -0.378 e. The molecule has 1 aliphatic carbocycles. The molecule has 32 heavy (non-hydrogen) atoms. The molecule has 2 fully saturated rings. The highest BCUT2D eigenvalue weighted by Gasteiger charge is 2.50. The number of halogens is 3. The van der Waals surface area contributed by atoms with Crippen LogP contribution in [0.5, 0.6) is 0 Å². The van der Waals surface area contributed by atoms with Gasteiger partial charge in [0.1, 0.15) is 6.04 Å². The van der Waals surface area contributed by atoms with Crippen LogP contribution in [0.2, 0.25) is 0 Å². The second-order valence-electron chi connectivity index (χ2n) is 8.20. The molecule has 7 nitrogen and oxygen atoms in total. The minimum absolute atomic E-state index is 0.0169. The molecular weight excluding hydrogens is 427 g/mol. The van der Waals surface area contributed by atoms with E-state index in [-0.39, 0.29) is 5.69 Å². The van der Waals surface area contributed by atoms with Gasteiger partial charge in [-0.25, -0.2) is 0 Å². The first-order valence-electron chi connectivity index (χ1n) is 10.5. The van der Waals surface area contributed by atoms with E-state index in [9.17, 15) is 27.6 Å². The number of carbonyl (C=O) groups is 3. The fourth-order valence-electron chi connectivity index (χ4n) is 4.45. The summed E-state index contributed by atoms with van der Waals surface area (Å²) in [6.07, 6.45) is -0.0162. The third kappa shape index (κ3) is 4.11. The zero-order chi connectivity index (χ0) is 23.0. The smallest absolute Gasteiger partial charge is 0.378 e. The van der Waals surface area contributed by atoms with E-state index < -0.39 is 47.3 Å². The van der Waals surface area contributed by atoms with E-state index in [0.717, 1.165) is 17.0 Å². The van der Waals surface area contributed by atoms with Crippen molar-refractivity contribution in [3.05, 3.63) is 35.9 Å². The van der Waals surface area contributed by atoms with E-state index in [4.69, 9.17) is 4.74 Å². The summed E-state index contributed by atoms with van der Waals surface area (Å²) in [6.45, 7) is 3.17. The van der Waals surface area contributed by atoms with Crippen LogP contribution in [0.15, 0.2) is 30.4 Å². The van der Waals surface area contributed by atoms with Gasteiger partial charge in [-0.3, -0.25) is 19.3 Å². The topological polar surface area (TPSA) is 79.0 Å². The van der Waals surface area contributed by atoms with Gasteiger partial charge in [-0.1, -0.05) is 12.2 Å². The molecule has 0 aromatic heterocycles. The summed E-state index contributed by atoms with van der Waals surface area (Å²) in [5.74, 6) is -2.51. The van der Waals surface area contributed by atoms with Gasteiger partial charge < -0.3 is 15.0 Å². The highest BCUT2D eigenvalue weighted by atomic mass is 19.4. The highest BCUT2D eigenvalue weighted by molar-refractivity contribution is 6.10. The van der Waals surface area contributed by atoms with Gasteiger partial charge in [0.2, 0.25) is 17.7 Å². The fraction of sp³-hybridized carbons (Fsp3) is 0.500. The van der Waals surface area contributed by atoms with Crippen LogP contribution < -0.4 is 10.2 Å². The van der Waals surface area contributed by atoms with Crippen molar-refractivity contribution in [3.63, 3.8) is 0 Å². The molecule has 4 rings (SSSR count). The first kappa shape index (κ1) is 22.3. The molecule has 1 aromatic rings. The lowest BCUT2D eigenvalue weighted by molar-refractivity contribution is -0.146. The van der Waals surface area contributed by atoms with Crippen molar-refractivity contribution < 1.29 is 32.3 Å². The lowest BCUT2D eigenvalue weighted by atomic mass is 9.85. The van der Waals surface area contributed by atoms with Gasteiger partial charge in [-0.2, -0.15) is 13.2 Å². The number of hydrogen-bond donors (Lipinski definition) is 1. The van der Waals surface area contributed by atoms with Crippen molar-refractivity contribution >= 4 is 29.1 Å². The Kier molecular flexibility index (Phi) is 5.98. The van der Waals surface area contributed by atoms with Crippen LogP contribution in [-0.4, -0.2) is 55.0 Å². The van der Waals surface area contributed by atoms with Crippen LogP contribution in [-0.2, 0) is 25.3 Å². The van der Waals surface area contributed by atoms with Crippen LogP contribution in [0, 0.1) is 11.8 Å². The third-order valence-electron chi connectivity index (χ3n) is 6.24. The molecule has 0 radical (unpaired) electrons. The quantitative estimate of drug-likeness (QED) is 0.563. The largest absolute Gasteiger partial charge is 0.416 e. The molecule has 0 unspecified atom stereocenters. The number of anilines is 2. The minimum atomic E-state index is -4.59. The normalized spacial score (nSPS) is 24.5. The van der Waals surface area contributed by atoms with Gasteiger partial charge >= 0.3 is 6.18 Å². The summed E-state index contributed by atoms with van der Waals surface area (Å²) in [7, 11) is 0. The Balaban J connectivity index is 1.58. The second kappa shape index (κ2) is 8.57. The van der Waals surface area contributed by atoms with E-state index in [1.165, 1.54) is 13.0 Å². The van der Waals surface area contributed by atoms with E-state index >= 15 is 0 Å². The van der Waals surface area contributed by atoms with Crippen LogP contribution >= 0.6 is 0 Å². The molecule has 1 aromatic carbocycles. The molecule has 3 atom stereocenters. The zero-order valence-corrected chi connectivity index (χ0v) is 17.5. The lowest BCUT2D eigenvalue weighted by Gasteiger charge is -2.31. The van der Waals surface area contributed by atoms with E-state index in [2.05, 4.69) is 5.32 Å².